The number of hydrogen-bond donors (Lipinski definition) is 3. The van der Waals surface area contributed by atoms with Crippen molar-refractivity contribution in [3.05, 3.63) is 59.3 Å². The van der Waals surface area contributed by atoms with E-state index in [9.17, 15) is 8.42 Å². The molecule has 1 heterocycles. The molecule has 31 heavy (non-hydrogen) atoms. The van der Waals surface area contributed by atoms with Crippen molar-refractivity contribution in [1.29, 1.82) is 0 Å². The van der Waals surface area contributed by atoms with Crippen LogP contribution in [0.1, 0.15) is 23.7 Å². The molecule has 164 valence electrons. The Morgan fingerprint density at radius 2 is 1.61 bits per heavy atom. The van der Waals surface area contributed by atoms with E-state index < -0.39 is 10.0 Å². The maximum Gasteiger partial charge on any atom is 0.262 e. The van der Waals surface area contributed by atoms with E-state index in [0.29, 0.717) is 28.8 Å². The second kappa shape index (κ2) is 9.22. The molecule has 1 aromatic heterocycles. The van der Waals surface area contributed by atoms with Crippen LogP contribution in [0.2, 0.25) is 0 Å². The number of benzene rings is 2. The Morgan fingerprint density at radius 3 is 2.26 bits per heavy atom. The Labute approximate surface area is 183 Å². The van der Waals surface area contributed by atoms with Gasteiger partial charge in [0.05, 0.1) is 12.0 Å². The first-order chi connectivity index (χ1) is 14.7. The number of anilines is 4. The van der Waals surface area contributed by atoms with E-state index in [2.05, 4.69) is 25.3 Å². The number of aryl methyl sites for hydroxylation is 3. The molecule has 0 radical (unpaired) electrons. The lowest BCUT2D eigenvalue weighted by Gasteiger charge is -2.14. The SMILES string of the molecule is CCNc1nc(C)cc(Nc2ccc(NS(=O)(=O)c3cc(OC)c(C)cc3C)cc2)n1. The molecule has 3 N–H and O–H groups in total. The van der Waals surface area contributed by atoms with E-state index in [1.54, 1.807) is 43.3 Å². The Hall–Kier alpha value is -3.33. The zero-order chi connectivity index (χ0) is 22.6. The van der Waals surface area contributed by atoms with Crippen molar-refractivity contribution in [3.8, 4) is 5.75 Å². The van der Waals surface area contributed by atoms with Gasteiger partial charge in [0.15, 0.2) is 0 Å². The number of aromatic nitrogens is 2. The predicted molar refractivity (Wildman–Crippen MR) is 124 cm³/mol. The molecule has 3 rings (SSSR count). The smallest absolute Gasteiger partial charge is 0.262 e. The van der Waals surface area contributed by atoms with E-state index in [1.165, 1.54) is 7.11 Å². The van der Waals surface area contributed by atoms with Crippen LogP contribution in [0, 0.1) is 20.8 Å². The van der Waals surface area contributed by atoms with Gasteiger partial charge in [0.2, 0.25) is 5.95 Å². The number of sulfonamides is 1. The lowest BCUT2D eigenvalue weighted by Crippen LogP contribution is -2.14. The third-order valence-electron chi connectivity index (χ3n) is 4.58. The number of rotatable bonds is 8. The van der Waals surface area contributed by atoms with Gasteiger partial charge >= 0.3 is 0 Å². The molecular formula is C22H27N5O3S. The molecule has 0 aliphatic carbocycles. The Kier molecular flexibility index (Phi) is 6.65. The van der Waals surface area contributed by atoms with Crippen LogP contribution in [0.4, 0.5) is 23.1 Å². The quantitative estimate of drug-likeness (QED) is 0.476. The van der Waals surface area contributed by atoms with E-state index in [4.69, 9.17) is 4.74 Å². The first-order valence-electron chi connectivity index (χ1n) is 9.86. The number of nitrogens with zero attached hydrogens (tertiary/aromatic N) is 2. The number of nitrogens with one attached hydrogen (secondary N) is 3. The summed E-state index contributed by atoms with van der Waals surface area (Å²) in [6.07, 6.45) is 0. The highest BCUT2D eigenvalue weighted by molar-refractivity contribution is 7.92. The number of ether oxygens (including phenoxy) is 1. The van der Waals surface area contributed by atoms with E-state index in [0.717, 1.165) is 23.5 Å². The fraction of sp³-hybridized carbons (Fsp3) is 0.273. The van der Waals surface area contributed by atoms with Crippen molar-refractivity contribution in [2.45, 2.75) is 32.6 Å². The lowest BCUT2D eigenvalue weighted by molar-refractivity contribution is 0.410. The zero-order valence-electron chi connectivity index (χ0n) is 18.3. The minimum absolute atomic E-state index is 0.185. The van der Waals surface area contributed by atoms with Gasteiger partial charge in [-0.2, -0.15) is 4.98 Å². The molecule has 3 aromatic rings. The van der Waals surface area contributed by atoms with Gasteiger partial charge in [0.25, 0.3) is 10.0 Å². The average molecular weight is 442 g/mol. The van der Waals surface area contributed by atoms with Gasteiger partial charge in [0.1, 0.15) is 11.6 Å². The third-order valence-corrected chi connectivity index (χ3v) is 6.10. The van der Waals surface area contributed by atoms with Crippen LogP contribution < -0.4 is 20.1 Å². The summed E-state index contributed by atoms with van der Waals surface area (Å²) in [4.78, 5) is 8.93. The van der Waals surface area contributed by atoms with Gasteiger partial charge in [-0.1, -0.05) is 6.07 Å². The topological polar surface area (TPSA) is 105 Å². The minimum atomic E-state index is -3.76. The molecule has 2 aromatic carbocycles. The van der Waals surface area contributed by atoms with Crippen LogP contribution in [0.15, 0.2) is 47.4 Å². The zero-order valence-corrected chi connectivity index (χ0v) is 19.1. The van der Waals surface area contributed by atoms with Crippen LogP contribution in [-0.4, -0.2) is 32.0 Å². The molecule has 0 aliphatic heterocycles. The van der Waals surface area contributed by atoms with Gasteiger partial charge in [0, 0.05) is 35.7 Å². The standard InChI is InChI=1S/C22H27N5O3S/c1-6-23-22-24-16(4)12-21(26-22)25-17-7-9-18(10-8-17)27-31(28,29)20-13-19(30-5)14(2)11-15(20)3/h7-13,27H,6H2,1-5H3,(H2,23,24,25,26). The summed E-state index contributed by atoms with van der Waals surface area (Å²) in [6, 6.07) is 12.1. The number of hydrogen-bond acceptors (Lipinski definition) is 7. The van der Waals surface area contributed by atoms with Gasteiger partial charge < -0.3 is 15.4 Å². The van der Waals surface area contributed by atoms with Crippen molar-refractivity contribution in [2.75, 3.05) is 29.0 Å². The van der Waals surface area contributed by atoms with E-state index in [-0.39, 0.29) is 4.90 Å². The minimum Gasteiger partial charge on any atom is -0.496 e. The second-order valence-corrected chi connectivity index (χ2v) is 8.79. The summed E-state index contributed by atoms with van der Waals surface area (Å²) in [5.74, 6) is 1.74. The maximum atomic E-state index is 12.9. The van der Waals surface area contributed by atoms with Crippen LogP contribution in [0.5, 0.6) is 5.75 Å². The molecule has 0 aliphatic rings. The molecule has 0 saturated carbocycles. The molecule has 0 unspecified atom stereocenters. The van der Waals surface area contributed by atoms with Crippen molar-refractivity contribution < 1.29 is 13.2 Å². The predicted octanol–water partition coefficient (Wildman–Crippen LogP) is 4.39. The van der Waals surface area contributed by atoms with Crippen molar-refractivity contribution >= 4 is 33.2 Å². The number of methoxy groups -OCH3 is 1. The molecule has 0 atom stereocenters. The highest BCUT2D eigenvalue weighted by atomic mass is 32.2. The van der Waals surface area contributed by atoms with Gasteiger partial charge in [-0.25, -0.2) is 13.4 Å². The molecule has 0 saturated heterocycles. The fourth-order valence-corrected chi connectivity index (χ4v) is 4.47. The molecule has 8 nitrogen and oxygen atoms in total. The van der Waals surface area contributed by atoms with Gasteiger partial charge in [-0.15, -0.1) is 0 Å². The fourth-order valence-electron chi connectivity index (χ4n) is 3.17. The third kappa shape index (κ3) is 5.43. The Morgan fingerprint density at radius 1 is 0.935 bits per heavy atom. The van der Waals surface area contributed by atoms with Gasteiger partial charge in [-0.05, 0) is 63.1 Å². The van der Waals surface area contributed by atoms with E-state index in [1.807, 2.05) is 26.8 Å². The Balaban J connectivity index is 1.78. The van der Waals surface area contributed by atoms with Gasteiger partial charge in [-0.3, -0.25) is 4.72 Å². The molecule has 0 bridgehead atoms. The largest absolute Gasteiger partial charge is 0.496 e. The summed E-state index contributed by atoms with van der Waals surface area (Å²) >= 11 is 0. The summed E-state index contributed by atoms with van der Waals surface area (Å²) in [5.41, 5.74) is 3.60. The molecule has 0 spiro atoms. The molecule has 0 amide bonds. The normalized spacial score (nSPS) is 11.1. The van der Waals surface area contributed by atoms with Crippen LogP contribution >= 0.6 is 0 Å². The first kappa shape index (κ1) is 22.4. The maximum absolute atomic E-state index is 12.9. The van der Waals surface area contributed by atoms with Crippen molar-refractivity contribution in [2.24, 2.45) is 0 Å². The van der Waals surface area contributed by atoms with Crippen molar-refractivity contribution in [3.63, 3.8) is 0 Å². The lowest BCUT2D eigenvalue weighted by atomic mass is 10.1. The van der Waals surface area contributed by atoms with Crippen LogP contribution in [0.3, 0.4) is 0 Å². The Bertz CT molecular complexity index is 1180. The van der Waals surface area contributed by atoms with Crippen molar-refractivity contribution in [1.82, 2.24) is 9.97 Å². The highest BCUT2D eigenvalue weighted by Gasteiger charge is 2.19. The summed E-state index contributed by atoms with van der Waals surface area (Å²) in [5, 5.41) is 6.30. The first-order valence-corrected chi connectivity index (χ1v) is 11.3. The molecule has 0 fully saturated rings. The van der Waals surface area contributed by atoms with E-state index >= 15 is 0 Å². The summed E-state index contributed by atoms with van der Waals surface area (Å²) in [6.45, 7) is 8.24. The average Bonchev–Trinajstić information content (AvgIpc) is 2.69. The second-order valence-electron chi connectivity index (χ2n) is 7.14. The summed E-state index contributed by atoms with van der Waals surface area (Å²) in [7, 11) is -2.24. The highest BCUT2D eigenvalue weighted by Crippen LogP contribution is 2.28. The summed E-state index contributed by atoms with van der Waals surface area (Å²) < 4.78 is 33.7. The molecule has 9 heteroatoms. The van der Waals surface area contributed by atoms with Crippen LogP contribution in [-0.2, 0) is 10.0 Å². The van der Waals surface area contributed by atoms with Crippen LogP contribution in [0.25, 0.3) is 0 Å². The molecular weight excluding hydrogens is 414 g/mol. The monoisotopic (exact) mass is 441 g/mol.